The van der Waals surface area contributed by atoms with Crippen LogP contribution in [0.2, 0.25) is 0 Å². The van der Waals surface area contributed by atoms with Crippen LogP contribution in [-0.4, -0.2) is 40.9 Å². The number of nitrogens with one attached hydrogen (secondary N) is 2. The number of halogens is 1. The number of guanidine groups is 1. The average molecular weight is 504 g/mol. The predicted molar refractivity (Wildman–Crippen MR) is 129 cm³/mol. The third-order valence-corrected chi connectivity index (χ3v) is 4.70. The van der Waals surface area contributed by atoms with Gasteiger partial charge in [-0.3, -0.25) is 4.99 Å². The van der Waals surface area contributed by atoms with E-state index in [2.05, 4.69) is 86.5 Å². The molecule has 29 heavy (non-hydrogen) atoms. The second-order valence-electron chi connectivity index (χ2n) is 6.66. The van der Waals surface area contributed by atoms with E-state index in [0.717, 1.165) is 38.4 Å². The van der Waals surface area contributed by atoms with E-state index in [4.69, 9.17) is 0 Å². The van der Waals surface area contributed by atoms with Crippen LogP contribution in [-0.2, 0) is 6.54 Å². The summed E-state index contributed by atoms with van der Waals surface area (Å²) in [4.78, 5) is 4.36. The first-order chi connectivity index (χ1) is 13.9. The molecule has 0 amide bonds. The molecule has 0 saturated heterocycles. The molecule has 0 spiro atoms. The first-order valence-electron chi connectivity index (χ1n) is 9.73. The molecule has 2 N–H and O–H groups in total. The van der Waals surface area contributed by atoms with Gasteiger partial charge in [-0.25, -0.2) is 0 Å². The Kier molecular flexibility index (Phi) is 10.2. The lowest BCUT2D eigenvalue weighted by atomic mass is 9.91. The van der Waals surface area contributed by atoms with Crippen molar-refractivity contribution in [3.8, 4) is 0 Å². The molecule has 1 heterocycles. The van der Waals surface area contributed by atoms with Gasteiger partial charge in [0.05, 0.1) is 0 Å². The van der Waals surface area contributed by atoms with Gasteiger partial charge in [0.2, 0.25) is 0 Å². The minimum atomic E-state index is 0. The van der Waals surface area contributed by atoms with Gasteiger partial charge in [0.25, 0.3) is 0 Å². The van der Waals surface area contributed by atoms with Crippen LogP contribution in [0.4, 0.5) is 0 Å². The number of rotatable bonds is 9. The molecule has 2 aromatic carbocycles. The van der Waals surface area contributed by atoms with Gasteiger partial charge in [-0.2, -0.15) is 0 Å². The summed E-state index contributed by atoms with van der Waals surface area (Å²) in [7, 11) is 1.81. The molecule has 0 fully saturated rings. The van der Waals surface area contributed by atoms with Crippen LogP contribution < -0.4 is 10.6 Å². The zero-order valence-electron chi connectivity index (χ0n) is 16.7. The number of aliphatic imine (C=N–C) groups is 1. The van der Waals surface area contributed by atoms with Crippen LogP contribution in [0.25, 0.3) is 0 Å². The van der Waals surface area contributed by atoms with E-state index in [9.17, 15) is 0 Å². The molecule has 0 unspecified atom stereocenters. The Morgan fingerprint density at radius 2 is 1.48 bits per heavy atom. The Labute approximate surface area is 189 Å². The summed E-state index contributed by atoms with van der Waals surface area (Å²) in [6.07, 6.45) is 5.63. The normalized spacial score (nSPS) is 11.2. The number of hydrogen-bond acceptors (Lipinski definition) is 3. The molecule has 0 bridgehead atoms. The molecule has 7 heteroatoms. The summed E-state index contributed by atoms with van der Waals surface area (Å²) < 4.78 is 2.00. The molecule has 0 saturated carbocycles. The van der Waals surface area contributed by atoms with E-state index in [1.165, 1.54) is 11.1 Å². The minimum Gasteiger partial charge on any atom is -0.356 e. The van der Waals surface area contributed by atoms with Crippen LogP contribution in [0.1, 0.15) is 29.9 Å². The molecule has 0 aliphatic carbocycles. The van der Waals surface area contributed by atoms with Gasteiger partial charge >= 0.3 is 0 Å². The van der Waals surface area contributed by atoms with Crippen molar-refractivity contribution < 1.29 is 0 Å². The van der Waals surface area contributed by atoms with E-state index in [0.29, 0.717) is 0 Å². The van der Waals surface area contributed by atoms with Crippen molar-refractivity contribution in [3.05, 3.63) is 84.4 Å². The van der Waals surface area contributed by atoms with E-state index in [1.807, 2.05) is 11.6 Å². The molecule has 3 rings (SSSR count). The van der Waals surface area contributed by atoms with Crippen molar-refractivity contribution in [1.82, 2.24) is 25.4 Å². The largest absolute Gasteiger partial charge is 0.356 e. The molecule has 1 aromatic heterocycles. The Balaban J connectivity index is 0.00000300. The molecule has 0 aliphatic rings. The van der Waals surface area contributed by atoms with Crippen molar-refractivity contribution in [2.45, 2.75) is 25.3 Å². The van der Waals surface area contributed by atoms with Crippen molar-refractivity contribution in [3.63, 3.8) is 0 Å². The lowest BCUT2D eigenvalue weighted by molar-refractivity contribution is 0.596. The highest BCUT2D eigenvalue weighted by atomic mass is 127. The minimum absolute atomic E-state index is 0. The van der Waals surface area contributed by atoms with Crippen LogP contribution in [0, 0.1) is 0 Å². The number of unbranched alkanes of at least 4 members (excludes halogenated alkanes) is 1. The Bertz CT molecular complexity index is 782. The second kappa shape index (κ2) is 12.9. The summed E-state index contributed by atoms with van der Waals surface area (Å²) in [5.74, 6) is 1.11. The zero-order chi connectivity index (χ0) is 19.4. The van der Waals surface area contributed by atoms with E-state index < -0.39 is 0 Å². The number of nitrogens with zero attached hydrogens (tertiary/aromatic N) is 4. The molecular formula is C22H29IN6. The Hall–Kier alpha value is -2.42. The van der Waals surface area contributed by atoms with Crippen LogP contribution in [0.3, 0.4) is 0 Å². The SMILES string of the molecule is CN=C(NCCCCn1cnnc1)NCC(c1ccccc1)c1ccccc1.I. The van der Waals surface area contributed by atoms with Gasteiger partial charge in [0.15, 0.2) is 5.96 Å². The van der Waals surface area contributed by atoms with Crippen LogP contribution in [0.5, 0.6) is 0 Å². The standard InChI is InChI=1S/C22H28N6.HI/c1-23-22(24-14-8-9-15-28-17-26-27-18-28)25-16-21(19-10-4-2-5-11-19)20-12-6-3-7-13-20;/h2-7,10-13,17-18,21H,8-9,14-16H2,1H3,(H2,23,24,25);1H. The highest BCUT2D eigenvalue weighted by molar-refractivity contribution is 14.0. The molecule has 0 atom stereocenters. The van der Waals surface area contributed by atoms with Gasteiger partial charge in [-0.15, -0.1) is 34.2 Å². The smallest absolute Gasteiger partial charge is 0.191 e. The number of aryl methyl sites for hydroxylation is 1. The topological polar surface area (TPSA) is 67.1 Å². The van der Waals surface area contributed by atoms with Crippen LogP contribution in [0.15, 0.2) is 78.3 Å². The van der Waals surface area contributed by atoms with E-state index in [1.54, 1.807) is 12.7 Å². The van der Waals surface area contributed by atoms with Crippen molar-refractivity contribution in [2.24, 2.45) is 4.99 Å². The molecule has 6 nitrogen and oxygen atoms in total. The highest BCUT2D eigenvalue weighted by Gasteiger charge is 2.14. The van der Waals surface area contributed by atoms with Gasteiger partial charge in [-0.1, -0.05) is 60.7 Å². The fraction of sp³-hybridized carbons (Fsp3) is 0.318. The lowest BCUT2D eigenvalue weighted by Crippen LogP contribution is -2.40. The van der Waals surface area contributed by atoms with Crippen molar-refractivity contribution >= 4 is 29.9 Å². The summed E-state index contributed by atoms with van der Waals surface area (Å²) in [6, 6.07) is 21.2. The fourth-order valence-electron chi connectivity index (χ4n) is 3.18. The summed E-state index contributed by atoms with van der Waals surface area (Å²) in [6.45, 7) is 2.60. The maximum absolute atomic E-state index is 4.36. The van der Waals surface area contributed by atoms with Gasteiger partial charge in [0, 0.05) is 32.6 Å². The number of aromatic nitrogens is 3. The summed E-state index contributed by atoms with van der Waals surface area (Å²) in [5.41, 5.74) is 2.59. The Morgan fingerprint density at radius 3 is 2.03 bits per heavy atom. The molecule has 0 aliphatic heterocycles. The number of benzene rings is 2. The second-order valence-corrected chi connectivity index (χ2v) is 6.66. The van der Waals surface area contributed by atoms with E-state index >= 15 is 0 Å². The predicted octanol–water partition coefficient (Wildman–Crippen LogP) is 3.67. The first kappa shape index (κ1) is 22.9. The van der Waals surface area contributed by atoms with Crippen molar-refractivity contribution in [2.75, 3.05) is 20.1 Å². The maximum atomic E-state index is 4.36. The third kappa shape index (κ3) is 7.49. The van der Waals surface area contributed by atoms with Gasteiger partial charge in [0.1, 0.15) is 12.7 Å². The maximum Gasteiger partial charge on any atom is 0.191 e. The highest BCUT2D eigenvalue weighted by Crippen LogP contribution is 2.23. The van der Waals surface area contributed by atoms with Crippen molar-refractivity contribution in [1.29, 1.82) is 0 Å². The van der Waals surface area contributed by atoms with E-state index in [-0.39, 0.29) is 29.9 Å². The third-order valence-electron chi connectivity index (χ3n) is 4.70. The first-order valence-corrected chi connectivity index (χ1v) is 9.73. The summed E-state index contributed by atoms with van der Waals surface area (Å²) in [5, 5.41) is 14.5. The monoisotopic (exact) mass is 504 g/mol. The number of hydrogen-bond donors (Lipinski definition) is 2. The lowest BCUT2D eigenvalue weighted by Gasteiger charge is -2.20. The zero-order valence-corrected chi connectivity index (χ0v) is 19.1. The van der Waals surface area contributed by atoms with Crippen LogP contribution >= 0.6 is 24.0 Å². The fourth-order valence-corrected chi connectivity index (χ4v) is 3.18. The molecular weight excluding hydrogens is 475 g/mol. The summed E-state index contributed by atoms with van der Waals surface area (Å²) >= 11 is 0. The quantitative estimate of drug-likeness (QED) is 0.202. The molecule has 154 valence electrons. The average Bonchev–Trinajstić information content (AvgIpc) is 3.27. The van der Waals surface area contributed by atoms with Gasteiger partial charge in [-0.05, 0) is 24.0 Å². The molecule has 3 aromatic rings. The molecule has 0 radical (unpaired) electrons. The van der Waals surface area contributed by atoms with Gasteiger partial charge < -0.3 is 15.2 Å². The Morgan fingerprint density at radius 1 is 0.897 bits per heavy atom.